The van der Waals surface area contributed by atoms with Crippen molar-refractivity contribution in [2.45, 2.75) is 6.92 Å². The summed E-state index contributed by atoms with van der Waals surface area (Å²) >= 11 is 0. The summed E-state index contributed by atoms with van der Waals surface area (Å²) in [6, 6.07) is 3.93. The predicted molar refractivity (Wildman–Crippen MR) is 52.0 cm³/mol. The van der Waals surface area contributed by atoms with Gasteiger partial charge in [0.1, 0.15) is 0 Å². The molecule has 0 heterocycles. The van der Waals surface area contributed by atoms with Crippen LogP contribution in [0.1, 0.15) is 17.3 Å². The standard InChI is InChI=1S/C10H12FNO3/c1-3-15-12-10(13)7-4-5-9(14-2)8(11)6-7/h4-6H,3H2,1-2H3,(H,12,13). The molecule has 0 fully saturated rings. The first-order valence-corrected chi connectivity index (χ1v) is 4.44. The average Bonchev–Trinajstić information content (AvgIpc) is 2.25. The number of hydrogen-bond donors (Lipinski definition) is 1. The van der Waals surface area contributed by atoms with Crippen LogP contribution in [0.5, 0.6) is 5.75 Å². The highest BCUT2D eigenvalue weighted by atomic mass is 19.1. The molecule has 82 valence electrons. The quantitative estimate of drug-likeness (QED) is 0.771. The van der Waals surface area contributed by atoms with E-state index in [9.17, 15) is 9.18 Å². The molecule has 0 radical (unpaired) electrons. The molecule has 0 aromatic heterocycles. The minimum atomic E-state index is -0.582. The van der Waals surface area contributed by atoms with Crippen molar-refractivity contribution in [1.29, 1.82) is 0 Å². The van der Waals surface area contributed by atoms with Crippen LogP contribution < -0.4 is 10.2 Å². The Kier molecular flexibility index (Phi) is 4.05. The van der Waals surface area contributed by atoms with Crippen molar-refractivity contribution < 1.29 is 18.8 Å². The number of rotatable bonds is 4. The number of carbonyl (C=O) groups excluding carboxylic acids is 1. The van der Waals surface area contributed by atoms with E-state index in [1.165, 1.54) is 19.2 Å². The summed E-state index contributed by atoms with van der Waals surface area (Å²) in [5.41, 5.74) is 2.35. The lowest BCUT2D eigenvalue weighted by Crippen LogP contribution is -2.23. The van der Waals surface area contributed by atoms with Crippen molar-refractivity contribution in [1.82, 2.24) is 5.48 Å². The molecule has 15 heavy (non-hydrogen) atoms. The van der Waals surface area contributed by atoms with Gasteiger partial charge in [-0.2, -0.15) is 0 Å². The van der Waals surface area contributed by atoms with Gasteiger partial charge < -0.3 is 4.74 Å². The first-order valence-electron chi connectivity index (χ1n) is 4.44. The van der Waals surface area contributed by atoms with Crippen LogP contribution >= 0.6 is 0 Å². The second kappa shape index (κ2) is 5.31. The van der Waals surface area contributed by atoms with Crippen LogP contribution in [0.4, 0.5) is 4.39 Å². The zero-order valence-electron chi connectivity index (χ0n) is 8.54. The second-order valence-corrected chi connectivity index (χ2v) is 2.71. The maximum atomic E-state index is 13.2. The monoisotopic (exact) mass is 213 g/mol. The molecule has 0 bridgehead atoms. The van der Waals surface area contributed by atoms with Gasteiger partial charge in [-0.25, -0.2) is 9.87 Å². The van der Waals surface area contributed by atoms with Gasteiger partial charge in [0.15, 0.2) is 11.6 Å². The van der Waals surface area contributed by atoms with Crippen molar-refractivity contribution >= 4 is 5.91 Å². The Morgan fingerprint density at radius 1 is 1.53 bits per heavy atom. The third-order valence-corrected chi connectivity index (χ3v) is 1.72. The molecule has 4 nitrogen and oxygen atoms in total. The summed E-state index contributed by atoms with van der Waals surface area (Å²) in [4.78, 5) is 16.0. The summed E-state index contributed by atoms with van der Waals surface area (Å²) < 4.78 is 17.9. The molecule has 0 saturated carbocycles. The second-order valence-electron chi connectivity index (χ2n) is 2.71. The van der Waals surface area contributed by atoms with Crippen LogP contribution in [0.2, 0.25) is 0 Å². The lowest BCUT2D eigenvalue weighted by atomic mass is 10.2. The maximum absolute atomic E-state index is 13.2. The van der Waals surface area contributed by atoms with E-state index in [0.29, 0.717) is 6.61 Å². The third-order valence-electron chi connectivity index (χ3n) is 1.72. The summed E-state index contributed by atoms with van der Waals surface area (Å²) in [7, 11) is 1.36. The van der Waals surface area contributed by atoms with Gasteiger partial charge in [0.05, 0.1) is 13.7 Å². The van der Waals surface area contributed by atoms with Gasteiger partial charge in [0.2, 0.25) is 0 Å². The summed E-state index contributed by atoms with van der Waals surface area (Å²) in [6.07, 6.45) is 0. The van der Waals surface area contributed by atoms with Crippen molar-refractivity contribution in [3.8, 4) is 5.75 Å². The molecular formula is C10H12FNO3. The van der Waals surface area contributed by atoms with Gasteiger partial charge in [-0.1, -0.05) is 0 Å². The summed E-state index contributed by atoms with van der Waals surface area (Å²) in [6.45, 7) is 2.08. The van der Waals surface area contributed by atoms with Crippen LogP contribution in [0.25, 0.3) is 0 Å². The third kappa shape index (κ3) is 2.92. The Morgan fingerprint density at radius 3 is 2.80 bits per heavy atom. The van der Waals surface area contributed by atoms with E-state index in [-0.39, 0.29) is 11.3 Å². The molecule has 0 unspecified atom stereocenters. The van der Waals surface area contributed by atoms with Gasteiger partial charge in [-0.3, -0.25) is 9.63 Å². The number of amides is 1. The molecule has 0 aliphatic rings. The maximum Gasteiger partial charge on any atom is 0.274 e. The molecule has 0 aliphatic carbocycles. The van der Waals surface area contributed by atoms with Crippen molar-refractivity contribution in [3.63, 3.8) is 0 Å². The van der Waals surface area contributed by atoms with E-state index in [2.05, 4.69) is 5.48 Å². The molecule has 1 aromatic carbocycles. The number of ether oxygens (including phenoxy) is 1. The molecular weight excluding hydrogens is 201 g/mol. The van der Waals surface area contributed by atoms with Gasteiger partial charge in [-0.15, -0.1) is 0 Å². The highest BCUT2D eigenvalue weighted by molar-refractivity contribution is 5.93. The molecule has 0 aliphatic heterocycles. The Labute approximate surface area is 86.9 Å². The van der Waals surface area contributed by atoms with E-state index < -0.39 is 11.7 Å². The van der Waals surface area contributed by atoms with E-state index in [4.69, 9.17) is 9.57 Å². The first-order chi connectivity index (χ1) is 7.19. The van der Waals surface area contributed by atoms with E-state index in [0.717, 1.165) is 6.07 Å². The number of carbonyl (C=O) groups is 1. The number of methoxy groups -OCH3 is 1. The highest BCUT2D eigenvalue weighted by Gasteiger charge is 2.09. The van der Waals surface area contributed by atoms with E-state index in [1.54, 1.807) is 6.92 Å². The van der Waals surface area contributed by atoms with Gasteiger partial charge in [0.25, 0.3) is 5.91 Å². The highest BCUT2D eigenvalue weighted by Crippen LogP contribution is 2.17. The van der Waals surface area contributed by atoms with E-state index >= 15 is 0 Å². The molecule has 1 rings (SSSR count). The fourth-order valence-electron chi connectivity index (χ4n) is 1.00. The fourth-order valence-corrected chi connectivity index (χ4v) is 1.00. The number of hydroxylamine groups is 1. The first kappa shape index (κ1) is 11.5. The Bertz CT molecular complexity index is 355. The van der Waals surface area contributed by atoms with Crippen LogP contribution in [-0.2, 0) is 4.84 Å². The van der Waals surface area contributed by atoms with E-state index in [1.807, 2.05) is 0 Å². The van der Waals surface area contributed by atoms with Gasteiger partial charge in [0, 0.05) is 5.56 Å². The van der Waals surface area contributed by atoms with Crippen LogP contribution in [0.3, 0.4) is 0 Å². The average molecular weight is 213 g/mol. The SMILES string of the molecule is CCONC(=O)c1ccc(OC)c(F)c1. The Hall–Kier alpha value is -1.62. The smallest absolute Gasteiger partial charge is 0.274 e. The van der Waals surface area contributed by atoms with Crippen molar-refractivity contribution in [2.24, 2.45) is 0 Å². The molecule has 0 saturated heterocycles. The van der Waals surface area contributed by atoms with Crippen molar-refractivity contribution in [3.05, 3.63) is 29.6 Å². The number of nitrogens with one attached hydrogen (secondary N) is 1. The topological polar surface area (TPSA) is 47.6 Å². The molecule has 5 heteroatoms. The number of halogens is 1. The lowest BCUT2D eigenvalue weighted by molar-refractivity contribution is 0.0364. The molecule has 1 amide bonds. The molecule has 1 aromatic rings. The summed E-state index contributed by atoms with van der Waals surface area (Å²) in [5.74, 6) is -0.969. The van der Waals surface area contributed by atoms with Gasteiger partial charge in [-0.05, 0) is 25.1 Å². The lowest BCUT2D eigenvalue weighted by Gasteiger charge is -2.05. The minimum absolute atomic E-state index is 0.1000. The number of hydrogen-bond acceptors (Lipinski definition) is 3. The minimum Gasteiger partial charge on any atom is -0.494 e. The van der Waals surface area contributed by atoms with Crippen LogP contribution in [0, 0.1) is 5.82 Å². The van der Waals surface area contributed by atoms with Crippen LogP contribution in [0.15, 0.2) is 18.2 Å². The zero-order valence-corrected chi connectivity index (χ0v) is 8.54. The Balaban J connectivity index is 2.78. The molecule has 1 N–H and O–H groups in total. The van der Waals surface area contributed by atoms with Crippen molar-refractivity contribution in [2.75, 3.05) is 13.7 Å². The molecule has 0 spiro atoms. The van der Waals surface area contributed by atoms with Gasteiger partial charge >= 0.3 is 0 Å². The largest absolute Gasteiger partial charge is 0.494 e. The zero-order chi connectivity index (χ0) is 11.3. The van der Waals surface area contributed by atoms with Crippen LogP contribution in [-0.4, -0.2) is 19.6 Å². The molecule has 0 atom stereocenters. The predicted octanol–water partition coefficient (Wildman–Crippen LogP) is 1.52. The normalized spacial score (nSPS) is 9.80. The summed E-state index contributed by atoms with van der Waals surface area (Å²) in [5, 5.41) is 0. The number of benzene rings is 1. The fraction of sp³-hybridized carbons (Fsp3) is 0.300. The Morgan fingerprint density at radius 2 is 2.27 bits per heavy atom.